The highest BCUT2D eigenvalue weighted by Crippen LogP contribution is 2.45. The molecule has 0 saturated heterocycles. The molecule has 1 aliphatic rings. The first kappa shape index (κ1) is 11.9. The van der Waals surface area contributed by atoms with Gasteiger partial charge in [-0.2, -0.15) is 0 Å². The normalized spacial score (nSPS) is 26.9. The van der Waals surface area contributed by atoms with Crippen LogP contribution < -0.4 is 5.73 Å². The Kier molecular flexibility index (Phi) is 2.80. The molecule has 0 spiro atoms. The Labute approximate surface area is 113 Å². The van der Waals surface area contributed by atoms with Gasteiger partial charge in [-0.05, 0) is 48.9 Å². The third kappa shape index (κ3) is 1.72. The lowest BCUT2D eigenvalue weighted by atomic mass is 9.72. The lowest BCUT2D eigenvalue weighted by Crippen LogP contribution is -2.41. The molecule has 0 bridgehead atoms. The minimum atomic E-state index is -0.276. The number of benzene rings is 1. The molecule has 0 saturated carbocycles. The highest BCUT2D eigenvalue weighted by Gasteiger charge is 2.37. The number of fused-ring (bicyclic) bond motifs is 1. The summed E-state index contributed by atoms with van der Waals surface area (Å²) in [6.45, 7) is 4.45. The monoisotopic (exact) mass is 257 g/mol. The third-order valence-corrected chi connectivity index (χ3v) is 5.30. The molecule has 1 aromatic carbocycles. The van der Waals surface area contributed by atoms with Gasteiger partial charge in [0.15, 0.2) is 0 Å². The Morgan fingerprint density at radius 1 is 1.22 bits per heavy atom. The SMILES string of the molecule is Cc1ccc(C2(N)CCC(C)c3ccccc32)s1. The van der Waals surface area contributed by atoms with Gasteiger partial charge in [0, 0.05) is 9.75 Å². The van der Waals surface area contributed by atoms with Gasteiger partial charge in [0.05, 0.1) is 5.54 Å². The van der Waals surface area contributed by atoms with Crippen LogP contribution in [-0.4, -0.2) is 0 Å². The maximum atomic E-state index is 6.78. The number of aryl methyl sites for hydroxylation is 1. The van der Waals surface area contributed by atoms with Crippen molar-refractivity contribution in [3.05, 3.63) is 57.3 Å². The van der Waals surface area contributed by atoms with Crippen molar-refractivity contribution in [2.75, 3.05) is 0 Å². The maximum absolute atomic E-state index is 6.78. The van der Waals surface area contributed by atoms with Crippen LogP contribution in [0, 0.1) is 6.92 Å². The Hall–Kier alpha value is -1.12. The van der Waals surface area contributed by atoms with Crippen LogP contribution in [0.3, 0.4) is 0 Å². The zero-order chi connectivity index (χ0) is 12.8. The second kappa shape index (κ2) is 4.22. The summed E-state index contributed by atoms with van der Waals surface area (Å²) in [5.74, 6) is 0.624. The van der Waals surface area contributed by atoms with E-state index in [0.29, 0.717) is 5.92 Å². The lowest BCUT2D eigenvalue weighted by molar-refractivity contribution is 0.418. The summed E-state index contributed by atoms with van der Waals surface area (Å²) in [5.41, 5.74) is 9.25. The van der Waals surface area contributed by atoms with E-state index in [4.69, 9.17) is 5.73 Å². The minimum Gasteiger partial charge on any atom is -0.317 e. The summed E-state index contributed by atoms with van der Waals surface area (Å²) in [6.07, 6.45) is 2.22. The van der Waals surface area contributed by atoms with Crippen molar-refractivity contribution in [3.8, 4) is 0 Å². The van der Waals surface area contributed by atoms with Crippen molar-refractivity contribution in [1.82, 2.24) is 0 Å². The Balaban J connectivity index is 2.17. The third-order valence-electron chi connectivity index (χ3n) is 4.12. The Morgan fingerprint density at radius 2 is 2.00 bits per heavy atom. The molecule has 2 aromatic rings. The fourth-order valence-corrected chi connectivity index (χ4v) is 4.01. The van der Waals surface area contributed by atoms with E-state index < -0.39 is 0 Å². The van der Waals surface area contributed by atoms with Gasteiger partial charge in [-0.15, -0.1) is 11.3 Å². The quantitative estimate of drug-likeness (QED) is 0.815. The van der Waals surface area contributed by atoms with E-state index in [1.807, 2.05) is 11.3 Å². The van der Waals surface area contributed by atoms with Gasteiger partial charge in [0.25, 0.3) is 0 Å². The van der Waals surface area contributed by atoms with E-state index in [9.17, 15) is 0 Å². The average molecular weight is 257 g/mol. The zero-order valence-corrected chi connectivity index (χ0v) is 11.8. The highest BCUT2D eigenvalue weighted by atomic mass is 32.1. The first-order valence-electron chi connectivity index (χ1n) is 6.56. The van der Waals surface area contributed by atoms with Crippen molar-refractivity contribution in [3.63, 3.8) is 0 Å². The molecule has 2 atom stereocenters. The smallest absolute Gasteiger partial charge is 0.0762 e. The summed E-state index contributed by atoms with van der Waals surface area (Å²) in [6, 6.07) is 13.1. The molecule has 94 valence electrons. The van der Waals surface area contributed by atoms with E-state index in [1.54, 1.807) is 0 Å². The van der Waals surface area contributed by atoms with Gasteiger partial charge in [0.2, 0.25) is 0 Å². The lowest BCUT2D eigenvalue weighted by Gasteiger charge is -2.38. The van der Waals surface area contributed by atoms with Crippen LogP contribution in [0.4, 0.5) is 0 Å². The van der Waals surface area contributed by atoms with Gasteiger partial charge in [0.1, 0.15) is 0 Å². The molecule has 1 aliphatic carbocycles. The zero-order valence-electron chi connectivity index (χ0n) is 10.9. The largest absolute Gasteiger partial charge is 0.317 e. The number of rotatable bonds is 1. The summed E-state index contributed by atoms with van der Waals surface area (Å²) < 4.78 is 0. The van der Waals surface area contributed by atoms with Crippen LogP contribution in [0.15, 0.2) is 36.4 Å². The van der Waals surface area contributed by atoms with Crippen molar-refractivity contribution < 1.29 is 0 Å². The van der Waals surface area contributed by atoms with Crippen LogP contribution in [0.2, 0.25) is 0 Å². The molecule has 18 heavy (non-hydrogen) atoms. The van der Waals surface area contributed by atoms with E-state index >= 15 is 0 Å². The Bertz CT molecular complexity index is 572. The van der Waals surface area contributed by atoms with E-state index in [1.165, 1.54) is 27.3 Å². The van der Waals surface area contributed by atoms with Crippen molar-refractivity contribution in [2.24, 2.45) is 5.73 Å². The second-order valence-corrected chi connectivity index (χ2v) is 6.70. The van der Waals surface area contributed by atoms with Gasteiger partial charge in [-0.1, -0.05) is 31.2 Å². The molecule has 1 aromatic heterocycles. The van der Waals surface area contributed by atoms with Gasteiger partial charge in [-0.25, -0.2) is 0 Å². The van der Waals surface area contributed by atoms with Crippen molar-refractivity contribution in [2.45, 2.75) is 38.1 Å². The minimum absolute atomic E-state index is 0.276. The molecule has 0 radical (unpaired) electrons. The van der Waals surface area contributed by atoms with E-state index in [-0.39, 0.29) is 5.54 Å². The van der Waals surface area contributed by atoms with Gasteiger partial charge >= 0.3 is 0 Å². The van der Waals surface area contributed by atoms with Crippen molar-refractivity contribution >= 4 is 11.3 Å². The average Bonchev–Trinajstić information content (AvgIpc) is 2.82. The molecule has 1 nitrogen and oxygen atoms in total. The van der Waals surface area contributed by atoms with Crippen LogP contribution in [0.25, 0.3) is 0 Å². The summed E-state index contributed by atoms with van der Waals surface area (Å²) >= 11 is 1.83. The molecule has 0 fully saturated rings. The van der Waals surface area contributed by atoms with Crippen LogP contribution in [-0.2, 0) is 5.54 Å². The second-order valence-electron chi connectivity index (χ2n) is 5.41. The fourth-order valence-electron chi connectivity index (χ4n) is 3.00. The number of thiophene rings is 1. The predicted octanol–water partition coefficient (Wildman–Crippen LogP) is 4.16. The standard InChI is InChI=1S/C16H19NS/c1-11-9-10-16(17,15-8-7-12(2)18-15)14-6-4-3-5-13(11)14/h3-8,11H,9-10,17H2,1-2H3. The first-order valence-corrected chi connectivity index (χ1v) is 7.38. The summed E-state index contributed by atoms with van der Waals surface area (Å²) in [5, 5.41) is 0. The molecule has 0 amide bonds. The molecule has 2 N–H and O–H groups in total. The predicted molar refractivity (Wildman–Crippen MR) is 78.1 cm³/mol. The van der Waals surface area contributed by atoms with Crippen molar-refractivity contribution in [1.29, 1.82) is 0 Å². The van der Waals surface area contributed by atoms with Gasteiger partial charge in [-0.3, -0.25) is 0 Å². The van der Waals surface area contributed by atoms with Gasteiger partial charge < -0.3 is 5.73 Å². The van der Waals surface area contributed by atoms with Crippen LogP contribution in [0.1, 0.15) is 46.6 Å². The number of hydrogen-bond acceptors (Lipinski definition) is 2. The Morgan fingerprint density at radius 3 is 2.72 bits per heavy atom. The molecule has 2 unspecified atom stereocenters. The molecule has 1 heterocycles. The molecule has 2 heteroatoms. The fraction of sp³-hybridized carbons (Fsp3) is 0.375. The molecular weight excluding hydrogens is 238 g/mol. The maximum Gasteiger partial charge on any atom is 0.0762 e. The van der Waals surface area contributed by atoms with Crippen LogP contribution >= 0.6 is 11.3 Å². The highest BCUT2D eigenvalue weighted by molar-refractivity contribution is 7.12. The van der Waals surface area contributed by atoms with E-state index in [2.05, 4.69) is 50.2 Å². The molecule has 3 rings (SSSR count). The van der Waals surface area contributed by atoms with Crippen LogP contribution in [0.5, 0.6) is 0 Å². The first-order chi connectivity index (χ1) is 8.61. The summed E-state index contributed by atoms with van der Waals surface area (Å²) in [4.78, 5) is 2.64. The topological polar surface area (TPSA) is 26.0 Å². The number of nitrogens with two attached hydrogens (primary N) is 1. The number of hydrogen-bond donors (Lipinski definition) is 1. The van der Waals surface area contributed by atoms with E-state index in [0.717, 1.165) is 6.42 Å². The summed E-state index contributed by atoms with van der Waals surface area (Å²) in [7, 11) is 0. The molecular formula is C16H19NS. The molecule has 0 aliphatic heterocycles.